The van der Waals surface area contributed by atoms with E-state index >= 15 is 4.39 Å². The van der Waals surface area contributed by atoms with Crippen LogP contribution in [-0.2, 0) is 25.7 Å². The summed E-state index contributed by atoms with van der Waals surface area (Å²) in [6, 6.07) is 10.00. The highest BCUT2D eigenvalue weighted by atomic mass is 35.5. The summed E-state index contributed by atoms with van der Waals surface area (Å²) in [5.41, 5.74) is 2.80. The summed E-state index contributed by atoms with van der Waals surface area (Å²) in [5, 5.41) is 9.25. The lowest BCUT2D eigenvalue weighted by Gasteiger charge is -2.47. The Morgan fingerprint density at radius 1 is 0.984 bits per heavy atom. The summed E-state index contributed by atoms with van der Waals surface area (Å²) >= 11 is 6.59. The maximum atomic E-state index is 15.5. The lowest BCUT2D eigenvalue weighted by Crippen LogP contribution is -2.52. The van der Waals surface area contributed by atoms with Gasteiger partial charge in [0.05, 0.1) is 23.9 Å². The molecule has 0 spiro atoms. The van der Waals surface area contributed by atoms with Crippen molar-refractivity contribution in [2.75, 3.05) is 50.1 Å². The lowest BCUT2D eigenvalue weighted by atomic mass is 9.83. The van der Waals surface area contributed by atoms with Crippen LogP contribution >= 0.6 is 11.6 Å². The minimum Gasteiger partial charge on any atom is -0.478 e. The summed E-state index contributed by atoms with van der Waals surface area (Å²) in [7, 11) is 1.51. The molecule has 0 radical (unpaired) electrons. The molecule has 338 valence electrons. The average molecular weight is 898 g/mol. The molecule has 4 amide bonds. The van der Waals surface area contributed by atoms with Gasteiger partial charge in [0.2, 0.25) is 17.8 Å². The van der Waals surface area contributed by atoms with Crippen molar-refractivity contribution in [2.45, 2.75) is 108 Å². The van der Waals surface area contributed by atoms with Gasteiger partial charge in [-0.15, -0.1) is 0 Å². The number of benzene rings is 2. The highest BCUT2D eigenvalue weighted by molar-refractivity contribution is 6.33. The molecule has 6 heterocycles. The third-order valence-electron chi connectivity index (χ3n) is 13.5. The molecule has 0 bridgehead atoms. The number of fused-ring (bicyclic) bond motifs is 2. The van der Waals surface area contributed by atoms with Crippen molar-refractivity contribution in [1.29, 1.82) is 0 Å². The molecule has 4 aliphatic heterocycles. The van der Waals surface area contributed by atoms with Gasteiger partial charge in [0.25, 0.3) is 17.4 Å². The standard InChI is InChI=1S/C46H53ClFN9O7/c1-25(2)57-37-5-4-29(16-27(37)18-39(45(57)62)63-24-41(59)49-3)51-42-35(47)22-50-46(53-42)55-14-10-31(11-15-55)64-32-19-30(20-32)54-12-8-26(9-13-54)33-17-28-23-56(44(61)34(28)21-36(33)48)38-6-7-40(58)52-43(38)60/h4-5,16-18,21-22,25-26,30-32,38H,6-15,19-20,23-24H2,1-3H3,(H,49,59)(H,50,51,53)(H,52,58,60). The molecule has 4 fully saturated rings. The number of carbonyl (C=O) groups excluding carboxylic acids is 4. The number of imide groups is 1. The van der Waals surface area contributed by atoms with Crippen LogP contribution in [0.1, 0.15) is 98.7 Å². The third-order valence-corrected chi connectivity index (χ3v) is 13.7. The van der Waals surface area contributed by atoms with Gasteiger partial charge in [-0.2, -0.15) is 4.98 Å². The highest BCUT2D eigenvalue weighted by Gasteiger charge is 2.41. The average Bonchev–Trinajstić information content (AvgIpc) is 3.58. The molecule has 1 saturated carbocycles. The van der Waals surface area contributed by atoms with E-state index in [9.17, 15) is 24.0 Å². The number of likely N-dealkylation sites (N-methyl/N-ethyl adjacent to an activating group) is 1. The maximum Gasteiger partial charge on any atom is 0.293 e. The quantitative estimate of drug-likeness (QED) is 0.159. The van der Waals surface area contributed by atoms with Crippen LogP contribution in [0.5, 0.6) is 5.75 Å². The van der Waals surface area contributed by atoms with Crippen LogP contribution < -0.4 is 31.1 Å². The number of hydrogen-bond donors (Lipinski definition) is 3. The van der Waals surface area contributed by atoms with Crippen LogP contribution in [0.2, 0.25) is 5.02 Å². The van der Waals surface area contributed by atoms with Crippen LogP contribution in [0.3, 0.4) is 0 Å². The predicted molar refractivity (Wildman–Crippen MR) is 238 cm³/mol. The zero-order valence-corrected chi connectivity index (χ0v) is 37.0. The number of halogens is 2. The Labute approximate surface area is 374 Å². The molecule has 64 heavy (non-hydrogen) atoms. The molecule has 3 saturated heterocycles. The summed E-state index contributed by atoms with van der Waals surface area (Å²) in [6.07, 6.45) is 7.68. The molecule has 3 N–H and O–H groups in total. The number of amides is 4. The van der Waals surface area contributed by atoms with E-state index in [0.29, 0.717) is 39.6 Å². The molecule has 1 atom stereocenters. The van der Waals surface area contributed by atoms with E-state index in [0.717, 1.165) is 81.2 Å². The second kappa shape index (κ2) is 18.1. The largest absolute Gasteiger partial charge is 0.478 e. The van der Waals surface area contributed by atoms with Gasteiger partial charge in [-0.25, -0.2) is 9.37 Å². The molecule has 5 aliphatic rings. The van der Waals surface area contributed by atoms with Crippen molar-refractivity contribution < 1.29 is 33.0 Å². The van der Waals surface area contributed by atoms with Gasteiger partial charge in [0.15, 0.2) is 18.2 Å². The SMILES string of the molecule is CNC(=O)COc1cc2cc(Nc3nc(N4CCC(OC5CC(N6CCC(c7cc8c(cc7F)C(=O)N(C7CCC(=O)NC7=O)C8)CC6)C5)CC4)ncc3Cl)ccc2n(C(C)C)c1=O. The predicted octanol–water partition coefficient (Wildman–Crippen LogP) is 5.19. The topological polar surface area (TPSA) is 180 Å². The smallest absolute Gasteiger partial charge is 0.293 e. The number of pyridine rings is 1. The fourth-order valence-corrected chi connectivity index (χ4v) is 10.0. The second-order valence-corrected chi connectivity index (χ2v) is 18.2. The maximum absolute atomic E-state index is 15.5. The number of ether oxygens (including phenoxy) is 2. The Hall–Kier alpha value is -5.65. The van der Waals surface area contributed by atoms with E-state index in [1.54, 1.807) is 16.8 Å². The second-order valence-electron chi connectivity index (χ2n) is 17.8. The van der Waals surface area contributed by atoms with E-state index in [1.165, 1.54) is 18.0 Å². The van der Waals surface area contributed by atoms with E-state index in [4.69, 9.17) is 26.1 Å². The number of hydrogen-bond acceptors (Lipinski definition) is 12. The van der Waals surface area contributed by atoms with Crippen molar-refractivity contribution in [3.8, 4) is 5.75 Å². The van der Waals surface area contributed by atoms with Crippen LogP contribution in [0.4, 0.5) is 21.8 Å². The number of likely N-dealkylation sites (tertiary alicyclic amines) is 1. The van der Waals surface area contributed by atoms with Crippen molar-refractivity contribution in [3.63, 3.8) is 0 Å². The van der Waals surface area contributed by atoms with Gasteiger partial charge in [0, 0.05) is 61.8 Å². The van der Waals surface area contributed by atoms with Gasteiger partial charge in [-0.3, -0.25) is 29.3 Å². The fraction of sp³-hybridized carbons (Fsp3) is 0.500. The van der Waals surface area contributed by atoms with Gasteiger partial charge in [-0.1, -0.05) is 17.7 Å². The van der Waals surface area contributed by atoms with Crippen molar-refractivity contribution in [2.24, 2.45) is 0 Å². The molecule has 16 nitrogen and oxygen atoms in total. The molecule has 18 heteroatoms. The number of aromatic nitrogens is 3. The Morgan fingerprint density at radius 3 is 2.47 bits per heavy atom. The van der Waals surface area contributed by atoms with Crippen LogP contribution in [0.25, 0.3) is 10.9 Å². The zero-order chi connectivity index (χ0) is 44.8. The molecule has 1 unspecified atom stereocenters. The summed E-state index contributed by atoms with van der Waals surface area (Å²) in [5.74, 6) is -0.721. The molecular formula is C46H53ClFN9O7. The normalized spacial score (nSPS) is 22.2. The number of anilines is 3. The van der Waals surface area contributed by atoms with Gasteiger partial charge in [0.1, 0.15) is 16.9 Å². The van der Waals surface area contributed by atoms with E-state index in [-0.39, 0.29) is 85.0 Å². The zero-order valence-electron chi connectivity index (χ0n) is 36.2. The first kappa shape index (κ1) is 43.6. The summed E-state index contributed by atoms with van der Waals surface area (Å²) in [4.78, 5) is 77.8. The van der Waals surface area contributed by atoms with Crippen LogP contribution in [0, 0.1) is 5.82 Å². The Balaban J connectivity index is 0.746. The molecule has 2 aromatic heterocycles. The number of nitrogens with zero attached hydrogens (tertiary/aromatic N) is 6. The van der Waals surface area contributed by atoms with E-state index < -0.39 is 11.9 Å². The van der Waals surface area contributed by atoms with Crippen molar-refractivity contribution in [3.05, 3.63) is 80.5 Å². The first-order valence-electron chi connectivity index (χ1n) is 22.3. The Bertz CT molecular complexity index is 2550. The number of piperidine rings is 3. The molecule has 2 aromatic carbocycles. The minimum atomic E-state index is -0.724. The van der Waals surface area contributed by atoms with Crippen LogP contribution in [-0.4, -0.2) is 112 Å². The highest BCUT2D eigenvalue weighted by Crippen LogP contribution is 2.39. The molecule has 1 aliphatic carbocycles. The molecule has 4 aromatic rings. The summed E-state index contributed by atoms with van der Waals surface area (Å²) in [6.45, 7) is 7.01. The number of carbonyl (C=O) groups is 4. The van der Waals surface area contributed by atoms with Crippen LogP contribution in [0.15, 0.2) is 47.4 Å². The number of nitrogens with one attached hydrogen (secondary N) is 3. The minimum absolute atomic E-state index is 0.0531. The summed E-state index contributed by atoms with van der Waals surface area (Å²) < 4.78 is 29.4. The monoisotopic (exact) mass is 897 g/mol. The van der Waals surface area contributed by atoms with Crippen molar-refractivity contribution in [1.82, 2.24) is 35.0 Å². The third kappa shape index (κ3) is 8.76. The number of rotatable bonds is 12. The van der Waals surface area contributed by atoms with Gasteiger partial charge < -0.3 is 39.4 Å². The molecule has 9 rings (SSSR count). The van der Waals surface area contributed by atoms with E-state index in [1.807, 2.05) is 38.1 Å². The Morgan fingerprint density at radius 2 is 1.75 bits per heavy atom. The fourth-order valence-electron chi connectivity index (χ4n) is 9.87. The first-order valence-corrected chi connectivity index (χ1v) is 22.6. The van der Waals surface area contributed by atoms with Gasteiger partial charge in [-0.05, 0) is 119 Å². The van der Waals surface area contributed by atoms with Crippen molar-refractivity contribution >= 4 is 63.6 Å². The van der Waals surface area contributed by atoms with Gasteiger partial charge >= 0.3 is 0 Å². The molecular weight excluding hydrogens is 845 g/mol. The van der Waals surface area contributed by atoms with E-state index in [2.05, 4.69) is 30.7 Å². The Kier molecular flexibility index (Phi) is 12.3. The first-order chi connectivity index (χ1) is 30.8. The lowest BCUT2D eigenvalue weighted by molar-refractivity contribution is -0.137.